The van der Waals surface area contributed by atoms with Crippen molar-refractivity contribution in [3.63, 3.8) is 0 Å². The fraction of sp³-hybridized carbons (Fsp3) is 0.231. The van der Waals surface area contributed by atoms with Crippen molar-refractivity contribution in [3.05, 3.63) is 39.1 Å². The van der Waals surface area contributed by atoms with Crippen LogP contribution in [0.25, 0.3) is 10.6 Å². The Balaban J connectivity index is 2.42. The first-order valence-electron chi connectivity index (χ1n) is 5.63. The van der Waals surface area contributed by atoms with Gasteiger partial charge in [0, 0.05) is 14.9 Å². The summed E-state index contributed by atoms with van der Waals surface area (Å²) in [6.45, 7) is 3.87. The lowest BCUT2D eigenvalue weighted by atomic mass is 10.2. The monoisotopic (exact) mass is 343 g/mol. The van der Waals surface area contributed by atoms with E-state index >= 15 is 0 Å². The summed E-state index contributed by atoms with van der Waals surface area (Å²) in [5, 5.41) is 0.660. The van der Waals surface area contributed by atoms with E-state index in [0.717, 1.165) is 10.4 Å². The summed E-state index contributed by atoms with van der Waals surface area (Å²) in [6, 6.07) is 4.36. The number of benzene rings is 1. The van der Waals surface area contributed by atoms with Crippen molar-refractivity contribution >= 4 is 33.2 Å². The quantitative estimate of drug-likeness (QED) is 0.784. The molecule has 1 aromatic carbocycles. The third-order valence-electron chi connectivity index (χ3n) is 2.43. The highest BCUT2D eigenvalue weighted by Gasteiger charge is 2.18. The second-order valence-electron chi connectivity index (χ2n) is 3.77. The van der Waals surface area contributed by atoms with Gasteiger partial charge in [-0.05, 0) is 48.0 Å². The molecule has 2 aromatic rings. The Morgan fingerprint density at radius 3 is 2.89 bits per heavy atom. The van der Waals surface area contributed by atoms with Gasteiger partial charge in [0.15, 0.2) is 5.69 Å². The van der Waals surface area contributed by atoms with Gasteiger partial charge < -0.3 is 4.74 Å². The highest BCUT2D eigenvalue weighted by Crippen LogP contribution is 2.33. The molecule has 0 fully saturated rings. The van der Waals surface area contributed by atoms with E-state index in [4.69, 9.17) is 4.74 Å². The van der Waals surface area contributed by atoms with Crippen LogP contribution in [0.5, 0.6) is 0 Å². The van der Waals surface area contributed by atoms with Crippen molar-refractivity contribution in [1.29, 1.82) is 0 Å². The first kappa shape index (κ1) is 14.1. The van der Waals surface area contributed by atoms with Crippen molar-refractivity contribution in [2.45, 2.75) is 13.8 Å². The number of aromatic nitrogens is 1. The molecular weight excluding hydrogens is 333 g/mol. The average Bonchev–Trinajstić information content (AvgIpc) is 2.71. The second-order valence-corrected chi connectivity index (χ2v) is 5.83. The van der Waals surface area contributed by atoms with E-state index in [1.807, 2.05) is 6.92 Å². The van der Waals surface area contributed by atoms with Crippen LogP contribution in [0.2, 0.25) is 0 Å². The Labute approximate surface area is 122 Å². The maximum Gasteiger partial charge on any atom is 0.358 e. The molecule has 0 bridgehead atoms. The molecule has 0 unspecified atom stereocenters. The van der Waals surface area contributed by atoms with Gasteiger partial charge in [-0.1, -0.05) is 0 Å². The number of carbonyl (C=O) groups excluding carboxylic acids is 1. The predicted molar refractivity (Wildman–Crippen MR) is 75.9 cm³/mol. The molecule has 2 rings (SSSR count). The SMILES string of the molecule is CCOC(=O)c1nc(-c2ccc(F)cc2Br)sc1C. The molecule has 0 aliphatic heterocycles. The first-order valence-corrected chi connectivity index (χ1v) is 7.23. The highest BCUT2D eigenvalue weighted by molar-refractivity contribution is 9.10. The van der Waals surface area contributed by atoms with Crippen molar-refractivity contribution in [1.82, 2.24) is 4.98 Å². The van der Waals surface area contributed by atoms with Gasteiger partial charge in [0.1, 0.15) is 10.8 Å². The molecule has 0 aliphatic carbocycles. The summed E-state index contributed by atoms with van der Waals surface area (Å²) in [5.74, 6) is -0.754. The number of aryl methyl sites for hydroxylation is 1. The molecule has 1 aromatic heterocycles. The van der Waals surface area contributed by atoms with Crippen LogP contribution in [0.1, 0.15) is 22.3 Å². The minimum absolute atomic E-state index is 0.311. The Morgan fingerprint density at radius 2 is 2.26 bits per heavy atom. The van der Waals surface area contributed by atoms with Crippen LogP contribution in [0.15, 0.2) is 22.7 Å². The van der Waals surface area contributed by atoms with Crippen molar-refractivity contribution in [2.24, 2.45) is 0 Å². The molecule has 0 amide bonds. The third-order valence-corrected chi connectivity index (χ3v) is 4.09. The van der Waals surface area contributed by atoms with Crippen LogP contribution in [-0.4, -0.2) is 17.6 Å². The molecule has 0 spiro atoms. The maximum absolute atomic E-state index is 13.1. The number of ether oxygens (including phenoxy) is 1. The fourth-order valence-corrected chi connectivity index (χ4v) is 3.17. The van der Waals surface area contributed by atoms with Crippen LogP contribution in [0.3, 0.4) is 0 Å². The van der Waals surface area contributed by atoms with E-state index in [1.54, 1.807) is 13.0 Å². The Morgan fingerprint density at radius 1 is 1.53 bits per heavy atom. The van der Waals surface area contributed by atoms with Crippen LogP contribution in [0, 0.1) is 12.7 Å². The molecule has 100 valence electrons. The van der Waals surface area contributed by atoms with Crippen molar-refractivity contribution in [2.75, 3.05) is 6.61 Å². The van der Waals surface area contributed by atoms with E-state index in [2.05, 4.69) is 20.9 Å². The molecule has 1 heterocycles. The van der Waals surface area contributed by atoms with Crippen molar-refractivity contribution < 1.29 is 13.9 Å². The van der Waals surface area contributed by atoms with E-state index in [0.29, 0.717) is 21.8 Å². The molecule has 0 radical (unpaired) electrons. The van der Waals surface area contributed by atoms with Gasteiger partial charge in [-0.15, -0.1) is 11.3 Å². The van der Waals surface area contributed by atoms with Crippen LogP contribution in [-0.2, 0) is 4.74 Å². The topological polar surface area (TPSA) is 39.2 Å². The van der Waals surface area contributed by atoms with Crippen LogP contribution >= 0.6 is 27.3 Å². The Hall–Kier alpha value is -1.27. The van der Waals surface area contributed by atoms with Gasteiger partial charge in [0.25, 0.3) is 0 Å². The minimum Gasteiger partial charge on any atom is -0.461 e. The summed E-state index contributed by atoms with van der Waals surface area (Å²) in [6.07, 6.45) is 0. The lowest BCUT2D eigenvalue weighted by Gasteiger charge is -2.00. The smallest absolute Gasteiger partial charge is 0.358 e. The number of nitrogens with zero attached hydrogens (tertiary/aromatic N) is 1. The highest BCUT2D eigenvalue weighted by atomic mass is 79.9. The number of carbonyl (C=O) groups is 1. The molecule has 0 aliphatic rings. The molecule has 0 saturated carbocycles. The lowest BCUT2D eigenvalue weighted by molar-refractivity contribution is 0.0519. The van der Waals surface area contributed by atoms with Crippen molar-refractivity contribution in [3.8, 4) is 10.6 Å². The number of esters is 1. The van der Waals surface area contributed by atoms with E-state index < -0.39 is 5.97 Å². The van der Waals surface area contributed by atoms with Gasteiger partial charge >= 0.3 is 5.97 Å². The second kappa shape index (κ2) is 5.79. The largest absolute Gasteiger partial charge is 0.461 e. The predicted octanol–water partition coefficient (Wildman–Crippen LogP) is 4.20. The number of hydrogen-bond acceptors (Lipinski definition) is 4. The lowest BCUT2D eigenvalue weighted by Crippen LogP contribution is -2.06. The summed E-state index contributed by atoms with van der Waals surface area (Å²) >= 11 is 4.67. The van der Waals surface area contributed by atoms with Gasteiger partial charge in [0.05, 0.1) is 6.61 Å². The molecular formula is C13H11BrFNO2S. The summed E-state index contributed by atoms with van der Waals surface area (Å²) in [5.41, 5.74) is 1.07. The number of halogens is 2. The zero-order valence-corrected chi connectivity index (χ0v) is 12.8. The first-order chi connectivity index (χ1) is 9.02. The molecule has 3 nitrogen and oxygen atoms in total. The van der Waals surface area contributed by atoms with Gasteiger partial charge in [0.2, 0.25) is 0 Å². The minimum atomic E-state index is -0.430. The fourth-order valence-electron chi connectivity index (χ4n) is 1.56. The molecule has 6 heteroatoms. The Bertz CT molecular complexity index is 627. The molecule has 0 N–H and O–H groups in total. The summed E-state index contributed by atoms with van der Waals surface area (Å²) in [4.78, 5) is 16.8. The Kier molecular flexibility index (Phi) is 4.31. The third kappa shape index (κ3) is 3.01. The molecule has 19 heavy (non-hydrogen) atoms. The van der Waals surface area contributed by atoms with Gasteiger partial charge in [-0.2, -0.15) is 0 Å². The normalized spacial score (nSPS) is 10.5. The van der Waals surface area contributed by atoms with Gasteiger partial charge in [-0.3, -0.25) is 0 Å². The van der Waals surface area contributed by atoms with E-state index in [9.17, 15) is 9.18 Å². The van der Waals surface area contributed by atoms with E-state index in [1.165, 1.54) is 23.5 Å². The zero-order valence-electron chi connectivity index (χ0n) is 10.4. The van der Waals surface area contributed by atoms with Gasteiger partial charge in [-0.25, -0.2) is 14.2 Å². The summed E-state index contributed by atoms with van der Waals surface area (Å²) < 4.78 is 18.6. The molecule has 0 saturated heterocycles. The zero-order chi connectivity index (χ0) is 14.0. The number of hydrogen-bond donors (Lipinski definition) is 0. The maximum atomic E-state index is 13.1. The molecule has 0 atom stereocenters. The number of thiazole rings is 1. The van der Waals surface area contributed by atoms with Crippen LogP contribution in [0.4, 0.5) is 4.39 Å². The van der Waals surface area contributed by atoms with Crippen LogP contribution < -0.4 is 0 Å². The summed E-state index contributed by atoms with van der Waals surface area (Å²) in [7, 11) is 0. The standard InChI is InChI=1S/C13H11BrFNO2S/c1-3-18-13(17)11-7(2)19-12(16-11)9-5-4-8(15)6-10(9)14/h4-6H,3H2,1-2H3. The van der Waals surface area contributed by atoms with E-state index in [-0.39, 0.29) is 5.82 Å². The number of rotatable bonds is 3. The average molecular weight is 344 g/mol.